The molecule has 3 aromatic rings. The van der Waals surface area contributed by atoms with Gasteiger partial charge in [-0.15, -0.1) is 0 Å². The quantitative estimate of drug-likeness (QED) is 0.249. The lowest BCUT2D eigenvalue weighted by Gasteiger charge is -2.13. The Bertz CT molecular complexity index is 1270. The Morgan fingerprint density at radius 3 is 2.69 bits per heavy atom. The zero-order valence-electron chi connectivity index (χ0n) is 17.3. The number of aromatic nitrogens is 2. The number of thioether (sulfide) groups is 1. The van der Waals surface area contributed by atoms with Crippen molar-refractivity contribution in [1.29, 1.82) is 0 Å². The molecule has 0 atom stereocenters. The van der Waals surface area contributed by atoms with Crippen molar-refractivity contribution in [2.75, 3.05) is 6.54 Å². The van der Waals surface area contributed by atoms with E-state index in [1.807, 2.05) is 0 Å². The number of hydrogen-bond acceptors (Lipinski definition) is 6. The van der Waals surface area contributed by atoms with Gasteiger partial charge in [0.1, 0.15) is 21.3 Å². The number of carbonyl (C=O) groups excluding carboxylic acids is 1. The largest absolute Gasteiger partial charge is 0.438 e. The highest BCUT2D eigenvalue weighted by molar-refractivity contribution is 8.26. The van der Waals surface area contributed by atoms with Crippen LogP contribution in [0.4, 0.5) is 0 Å². The normalized spacial score (nSPS) is 15.2. The molecule has 164 valence electrons. The standard InChI is InChI=1S/C23H20ClN3O3S2/c1-2-3-5-13-27-22(29)18(32-23(27)31)14-17-20(30-16-10-8-15(24)9-11-16)25-19-7-4-6-12-26(19)21(17)28/h4,6-12,14H,2-3,5,13H2,1H3/b18-14-. The van der Waals surface area contributed by atoms with Crippen LogP contribution in [0, 0.1) is 0 Å². The van der Waals surface area contributed by atoms with Gasteiger partial charge in [-0.25, -0.2) is 0 Å². The third-order valence-corrected chi connectivity index (χ3v) is 6.53. The molecule has 0 saturated carbocycles. The first-order valence-electron chi connectivity index (χ1n) is 10.2. The van der Waals surface area contributed by atoms with Gasteiger partial charge in [0, 0.05) is 17.8 Å². The van der Waals surface area contributed by atoms with E-state index in [4.69, 9.17) is 28.6 Å². The van der Waals surface area contributed by atoms with Crippen LogP contribution in [-0.2, 0) is 4.79 Å². The molecule has 6 nitrogen and oxygen atoms in total. The second-order valence-corrected chi connectivity index (χ2v) is 9.27. The molecule has 4 rings (SSSR count). The molecule has 0 unspecified atom stereocenters. The molecular weight excluding hydrogens is 466 g/mol. The third-order valence-electron chi connectivity index (χ3n) is 4.90. The summed E-state index contributed by atoms with van der Waals surface area (Å²) in [5, 5.41) is 0.566. The molecule has 0 N–H and O–H groups in total. The van der Waals surface area contributed by atoms with Crippen LogP contribution >= 0.6 is 35.6 Å². The van der Waals surface area contributed by atoms with Crippen LogP contribution < -0.4 is 10.3 Å². The fourth-order valence-electron chi connectivity index (χ4n) is 3.24. The Hall–Kier alpha value is -2.68. The number of nitrogens with zero attached hydrogens (tertiary/aromatic N) is 3. The lowest BCUT2D eigenvalue weighted by Crippen LogP contribution is -2.29. The molecule has 1 aliphatic heterocycles. The van der Waals surface area contributed by atoms with Crippen molar-refractivity contribution in [3.63, 3.8) is 0 Å². The van der Waals surface area contributed by atoms with E-state index in [0.717, 1.165) is 19.3 Å². The molecule has 3 heterocycles. The van der Waals surface area contributed by atoms with Gasteiger partial charge < -0.3 is 4.74 Å². The van der Waals surface area contributed by atoms with E-state index < -0.39 is 0 Å². The predicted octanol–water partition coefficient (Wildman–Crippen LogP) is 5.53. The topological polar surface area (TPSA) is 63.9 Å². The van der Waals surface area contributed by atoms with Crippen molar-refractivity contribution >= 4 is 57.5 Å². The lowest BCUT2D eigenvalue weighted by molar-refractivity contribution is -0.122. The van der Waals surface area contributed by atoms with Gasteiger partial charge in [-0.2, -0.15) is 4.98 Å². The SMILES string of the molecule is CCCCCN1C(=O)/C(=C/c2c(Oc3ccc(Cl)cc3)nc3ccccn3c2=O)SC1=S. The summed E-state index contributed by atoms with van der Waals surface area (Å²) in [6.07, 6.45) is 6.10. The number of halogens is 1. The van der Waals surface area contributed by atoms with Gasteiger partial charge in [0.05, 0.1) is 4.91 Å². The second-order valence-electron chi connectivity index (χ2n) is 7.16. The highest BCUT2D eigenvalue weighted by Gasteiger charge is 2.32. The van der Waals surface area contributed by atoms with Crippen molar-refractivity contribution < 1.29 is 9.53 Å². The summed E-state index contributed by atoms with van der Waals surface area (Å²) in [4.78, 5) is 32.7. The number of unbranched alkanes of at least 4 members (excludes halogenated alkanes) is 2. The minimum atomic E-state index is -0.337. The number of hydrogen-bond donors (Lipinski definition) is 0. The summed E-state index contributed by atoms with van der Waals surface area (Å²) in [5.41, 5.74) is 0.277. The van der Waals surface area contributed by atoms with Gasteiger partial charge >= 0.3 is 0 Å². The number of benzene rings is 1. The summed E-state index contributed by atoms with van der Waals surface area (Å²) in [6.45, 7) is 2.67. The summed E-state index contributed by atoms with van der Waals surface area (Å²) in [7, 11) is 0. The van der Waals surface area contributed by atoms with Gasteiger partial charge in [-0.1, -0.05) is 61.4 Å². The van der Waals surface area contributed by atoms with E-state index in [-0.39, 0.29) is 22.9 Å². The molecule has 0 bridgehead atoms. The fourth-order valence-corrected chi connectivity index (χ4v) is 4.66. The maximum atomic E-state index is 13.3. The molecule has 2 aromatic heterocycles. The fraction of sp³-hybridized carbons (Fsp3) is 0.217. The second kappa shape index (κ2) is 9.85. The number of ether oxygens (including phenoxy) is 1. The first kappa shape index (κ1) is 22.5. The number of pyridine rings is 1. The van der Waals surface area contributed by atoms with E-state index in [9.17, 15) is 9.59 Å². The summed E-state index contributed by atoms with van der Waals surface area (Å²) in [5.74, 6) is 0.384. The monoisotopic (exact) mass is 485 g/mol. The Balaban J connectivity index is 1.76. The molecule has 1 aliphatic rings. The first-order chi connectivity index (χ1) is 15.5. The van der Waals surface area contributed by atoms with E-state index in [1.165, 1.54) is 22.2 Å². The van der Waals surface area contributed by atoms with Crippen molar-refractivity contribution in [2.24, 2.45) is 0 Å². The Morgan fingerprint density at radius 2 is 1.94 bits per heavy atom. The Morgan fingerprint density at radius 1 is 1.16 bits per heavy atom. The van der Waals surface area contributed by atoms with E-state index in [1.54, 1.807) is 53.6 Å². The molecule has 0 spiro atoms. The van der Waals surface area contributed by atoms with Gasteiger partial charge in [0.15, 0.2) is 0 Å². The molecular formula is C23H20ClN3O3S2. The number of amides is 1. The van der Waals surface area contributed by atoms with Crippen LogP contribution in [0.2, 0.25) is 5.02 Å². The maximum Gasteiger partial charge on any atom is 0.269 e. The predicted molar refractivity (Wildman–Crippen MR) is 132 cm³/mol. The Labute approximate surface area is 199 Å². The molecule has 1 saturated heterocycles. The summed E-state index contributed by atoms with van der Waals surface area (Å²) < 4.78 is 7.85. The average molecular weight is 486 g/mol. The molecule has 1 amide bonds. The average Bonchev–Trinajstić information content (AvgIpc) is 3.05. The smallest absolute Gasteiger partial charge is 0.269 e. The van der Waals surface area contributed by atoms with Crippen molar-refractivity contribution in [3.05, 3.63) is 74.5 Å². The van der Waals surface area contributed by atoms with Crippen LogP contribution in [0.1, 0.15) is 31.7 Å². The zero-order valence-corrected chi connectivity index (χ0v) is 19.7. The third kappa shape index (κ3) is 4.72. The van der Waals surface area contributed by atoms with Crippen molar-refractivity contribution in [2.45, 2.75) is 26.2 Å². The molecule has 1 fully saturated rings. The molecule has 32 heavy (non-hydrogen) atoms. The van der Waals surface area contributed by atoms with E-state index in [0.29, 0.717) is 32.2 Å². The minimum Gasteiger partial charge on any atom is -0.438 e. The molecule has 0 radical (unpaired) electrons. The summed E-state index contributed by atoms with van der Waals surface area (Å²) >= 11 is 12.6. The lowest BCUT2D eigenvalue weighted by atomic mass is 10.2. The van der Waals surface area contributed by atoms with E-state index in [2.05, 4.69) is 11.9 Å². The molecule has 1 aromatic carbocycles. The number of carbonyl (C=O) groups is 1. The highest BCUT2D eigenvalue weighted by atomic mass is 35.5. The van der Waals surface area contributed by atoms with Crippen LogP contribution in [0.3, 0.4) is 0 Å². The molecule has 0 aliphatic carbocycles. The van der Waals surface area contributed by atoms with Gasteiger partial charge in [0.25, 0.3) is 11.5 Å². The Kier molecular flexibility index (Phi) is 6.93. The zero-order chi connectivity index (χ0) is 22.7. The van der Waals surface area contributed by atoms with E-state index >= 15 is 0 Å². The minimum absolute atomic E-state index is 0.111. The van der Waals surface area contributed by atoms with Crippen molar-refractivity contribution in [1.82, 2.24) is 14.3 Å². The number of fused-ring (bicyclic) bond motifs is 1. The first-order valence-corrected chi connectivity index (χ1v) is 11.8. The van der Waals surface area contributed by atoms with Crippen LogP contribution in [0.15, 0.2) is 58.4 Å². The van der Waals surface area contributed by atoms with Gasteiger partial charge in [-0.05, 0) is 48.9 Å². The van der Waals surface area contributed by atoms with Gasteiger partial charge in [0.2, 0.25) is 5.88 Å². The maximum absolute atomic E-state index is 13.3. The summed E-state index contributed by atoms with van der Waals surface area (Å²) in [6, 6.07) is 12.0. The number of rotatable bonds is 7. The van der Waals surface area contributed by atoms with Crippen LogP contribution in [0.5, 0.6) is 11.6 Å². The molecule has 9 heteroatoms. The van der Waals surface area contributed by atoms with Crippen molar-refractivity contribution in [3.8, 4) is 11.6 Å². The number of thiocarbonyl (C=S) groups is 1. The highest BCUT2D eigenvalue weighted by Crippen LogP contribution is 2.34. The van der Waals surface area contributed by atoms with Crippen LogP contribution in [-0.4, -0.2) is 31.1 Å². The van der Waals surface area contributed by atoms with Crippen LogP contribution in [0.25, 0.3) is 11.7 Å². The van der Waals surface area contributed by atoms with Gasteiger partial charge in [-0.3, -0.25) is 18.9 Å².